The molecule has 0 radical (unpaired) electrons. The summed E-state index contributed by atoms with van der Waals surface area (Å²) in [6.45, 7) is 0. The van der Waals surface area contributed by atoms with Crippen LogP contribution in [-0.4, -0.2) is 16.0 Å². The third-order valence-electron chi connectivity index (χ3n) is 3.36. The largest absolute Gasteiger partial charge is 0.289 e. The molecule has 3 rings (SSSR count). The maximum absolute atomic E-state index is 13.2. The molecule has 0 saturated carbocycles. The van der Waals surface area contributed by atoms with E-state index in [1.54, 1.807) is 6.07 Å². The number of aromatic amines is 1. The minimum atomic E-state index is -0.959. The van der Waals surface area contributed by atoms with Gasteiger partial charge in [-0.1, -0.05) is 0 Å². The summed E-state index contributed by atoms with van der Waals surface area (Å²) in [5.74, 6) is -2.60. The fourth-order valence-electron chi connectivity index (χ4n) is 2.10. The summed E-state index contributed by atoms with van der Waals surface area (Å²) in [6, 6.07) is 10.3. The molecule has 0 bridgehead atoms. The van der Waals surface area contributed by atoms with Gasteiger partial charge in [-0.15, -0.1) is 0 Å². The van der Waals surface area contributed by atoms with Gasteiger partial charge in [0, 0.05) is 11.1 Å². The highest BCUT2D eigenvalue weighted by atomic mass is 19.2. The molecule has 0 spiro atoms. The number of hydrogen-bond donors (Lipinski definition) is 1. The molecule has 3 nitrogen and oxygen atoms in total. The van der Waals surface area contributed by atoms with Crippen LogP contribution in [0.4, 0.5) is 13.2 Å². The monoisotopic (exact) mass is 328 g/mol. The van der Waals surface area contributed by atoms with Gasteiger partial charge in [-0.25, -0.2) is 13.2 Å². The number of allylic oxidation sites excluding steroid dienone is 1. The van der Waals surface area contributed by atoms with Crippen molar-refractivity contribution in [2.24, 2.45) is 0 Å². The van der Waals surface area contributed by atoms with Gasteiger partial charge >= 0.3 is 0 Å². The van der Waals surface area contributed by atoms with Crippen molar-refractivity contribution in [3.63, 3.8) is 0 Å². The average Bonchev–Trinajstić information content (AvgIpc) is 3.05. The molecule has 0 saturated heterocycles. The zero-order valence-electron chi connectivity index (χ0n) is 12.3. The van der Waals surface area contributed by atoms with Crippen LogP contribution < -0.4 is 0 Å². The second-order valence-corrected chi connectivity index (χ2v) is 5.04. The third kappa shape index (κ3) is 3.43. The summed E-state index contributed by atoms with van der Waals surface area (Å²) in [5.41, 5.74) is 1.70. The van der Waals surface area contributed by atoms with E-state index in [2.05, 4.69) is 10.2 Å². The van der Waals surface area contributed by atoms with Crippen molar-refractivity contribution < 1.29 is 18.0 Å². The lowest BCUT2D eigenvalue weighted by Gasteiger charge is -1.96. The Bertz CT molecular complexity index is 914. The Morgan fingerprint density at radius 1 is 0.958 bits per heavy atom. The van der Waals surface area contributed by atoms with Crippen molar-refractivity contribution >= 4 is 11.9 Å². The van der Waals surface area contributed by atoms with Crippen LogP contribution in [0.2, 0.25) is 0 Å². The lowest BCUT2D eigenvalue weighted by Crippen LogP contribution is -1.93. The number of rotatable bonds is 4. The second kappa shape index (κ2) is 6.54. The molecule has 120 valence electrons. The van der Waals surface area contributed by atoms with Crippen LogP contribution in [0.3, 0.4) is 0 Å². The van der Waals surface area contributed by atoms with E-state index in [1.807, 2.05) is 0 Å². The summed E-state index contributed by atoms with van der Waals surface area (Å²) >= 11 is 0. The molecule has 1 aromatic heterocycles. The number of benzene rings is 2. The lowest BCUT2D eigenvalue weighted by atomic mass is 10.1. The van der Waals surface area contributed by atoms with Gasteiger partial charge < -0.3 is 0 Å². The smallest absolute Gasteiger partial charge is 0.185 e. The predicted molar refractivity (Wildman–Crippen MR) is 83.7 cm³/mol. The van der Waals surface area contributed by atoms with Crippen LogP contribution in [0.25, 0.3) is 17.3 Å². The van der Waals surface area contributed by atoms with E-state index in [0.717, 1.165) is 12.1 Å². The van der Waals surface area contributed by atoms with E-state index < -0.39 is 17.5 Å². The van der Waals surface area contributed by atoms with Crippen molar-refractivity contribution in [3.05, 3.63) is 83.3 Å². The highest BCUT2D eigenvalue weighted by molar-refractivity contribution is 6.06. The molecule has 0 aliphatic carbocycles. The molecule has 0 unspecified atom stereocenters. The van der Waals surface area contributed by atoms with Gasteiger partial charge in [0.25, 0.3) is 0 Å². The number of carbonyl (C=O) groups excluding carboxylic acids is 1. The number of nitrogens with one attached hydrogen (secondary N) is 1. The summed E-state index contributed by atoms with van der Waals surface area (Å²) in [5, 5.41) is 6.68. The van der Waals surface area contributed by atoms with E-state index in [1.165, 1.54) is 42.5 Å². The predicted octanol–water partition coefficient (Wildman–Crippen LogP) is 4.39. The van der Waals surface area contributed by atoms with Gasteiger partial charge in [-0.3, -0.25) is 9.89 Å². The third-order valence-corrected chi connectivity index (χ3v) is 3.36. The Morgan fingerprint density at radius 2 is 1.71 bits per heavy atom. The number of ketones is 1. The summed E-state index contributed by atoms with van der Waals surface area (Å²) in [4.78, 5) is 12.0. The van der Waals surface area contributed by atoms with Gasteiger partial charge in [0.2, 0.25) is 0 Å². The summed E-state index contributed by atoms with van der Waals surface area (Å²) < 4.78 is 39.0. The Morgan fingerprint density at radius 3 is 2.42 bits per heavy atom. The molecule has 0 amide bonds. The van der Waals surface area contributed by atoms with Crippen molar-refractivity contribution in [1.29, 1.82) is 0 Å². The lowest BCUT2D eigenvalue weighted by molar-refractivity contribution is 0.104. The standard InChI is InChI=1S/C18H11F3N2O/c19-13-4-1-11(2-5-13)18(24)8-6-14-10-17(23-22-14)12-3-7-15(20)16(21)9-12/h1-10H,(H,22,23)/b8-6+. The molecule has 6 heteroatoms. The molecule has 2 aromatic carbocycles. The Balaban J connectivity index is 1.77. The first kappa shape index (κ1) is 15.7. The van der Waals surface area contributed by atoms with E-state index in [0.29, 0.717) is 22.5 Å². The van der Waals surface area contributed by atoms with Gasteiger partial charge in [-0.2, -0.15) is 5.10 Å². The topological polar surface area (TPSA) is 45.8 Å². The Kier molecular flexibility index (Phi) is 4.29. The van der Waals surface area contributed by atoms with Crippen molar-refractivity contribution in [2.45, 2.75) is 0 Å². The maximum Gasteiger partial charge on any atom is 0.185 e. The number of H-pyrrole nitrogens is 1. The van der Waals surface area contributed by atoms with E-state index in [9.17, 15) is 18.0 Å². The van der Waals surface area contributed by atoms with E-state index in [4.69, 9.17) is 0 Å². The zero-order valence-corrected chi connectivity index (χ0v) is 12.3. The number of nitrogens with zero attached hydrogens (tertiary/aromatic N) is 1. The number of carbonyl (C=O) groups is 1. The van der Waals surface area contributed by atoms with Gasteiger partial charge in [0.05, 0.1) is 11.4 Å². The first-order chi connectivity index (χ1) is 11.5. The molecular weight excluding hydrogens is 317 g/mol. The van der Waals surface area contributed by atoms with Crippen LogP contribution in [0.15, 0.2) is 54.6 Å². The highest BCUT2D eigenvalue weighted by Gasteiger charge is 2.07. The van der Waals surface area contributed by atoms with E-state index >= 15 is 0 Å². The molecule has 0 atom stereocenters. The summed E-state index contributed by atoms with van der Waals surface area (Å²) in [6.07, 6.45) is 2.82. The van der Waals surface area contributed by atoms with Gasteiger partial charge in [0.1, 0.15) is 5.82 Å². The second-order valence-electron chi connectivity index (χ2n) is 5.04. The number of halogens is 3. The average molecular weight is 328 g/mol. The quantitative estimate of drug-likeness (QED) is 0.570. The highest BCUT2D eigenvalue weighted by Crippen LogP contribution is 2.20. The van der Waals surface area contributed by atoms with Crippen LogP contribution in [0.5, 0.6) is 0 Å². The molecular formula is C18H11F3N2O. The molecule has 24 heavy (non-hydrogen) atoms. The van der Waals surface area contributed by atoms with Crippen molar-refractivity contribution in [3.8, 4) is 11.3 Å². The number of hydrogen-bond acceptors (Lipinski definition) is 2. The van der Waals surface area contributed by atoms with Gasteiger partial charge in [0.15, 0.2) is 17.4 Å². The molecule has 0 aliphatic heterocycles. The Hall–Kier alpha value is -3.15. The minimum absolute atomic E-state index is 0.293. The first-order valence-electron chi connectivity index (χ1n) is 7.02. The maximum atomic E-state index is 13.2. The minimum Gasteiger partial charge on any atom is -0.289 e. The zero-order chi connectivity index (χ0) is 17.1. The number of aromatic nitrogens is 2. The fourth-order valence-corrected chi connectivity index (χ4v) is 2.10. The molecule has 1 heterocycles. The van der Waals surface area contributed by atoms with Crippen LogP contribution >= 0.6 is 0 Å². The Labute approximate surface area is 135 Å². The van der Waals surface area contributed by atoms with Crippen LogP contribution in [0, 0.1) is 17.5 Å². The molecule has 0 fully saturated rings. The summed E-state index contributed by atoms with van der Waals surface area (Å²) in [7, 11) is 0. The van der Waals surface area contributed by atoms with Crippen molar-refractivity contribution in [2.75, 3.05) is 0 Å². The molecule has 1 N–H and O–H groups in total. The van der Waals surface area contributed by atoms with Crippen LogP contribution in [-0.2, 0) is 0 Å². The first-order valence-corrected chi connectivity index (χ1v) is 7.02. The van der Waals surface area contributed by atoms with Gasteiger partial charge in [-0.05, 0) is 60.7 Å². The SMILES string of the molecule is O=C(/C=C/c1cc(-c2ccc(F)c(F)c2)n[nH]1)c1ccc(F)cc1. The van der Waals surface area contributed by atoms with E-state index in [-0.39, 0.29) is 5.78 Å². The van der Waals surface area contributed by atoms with Crippen LogP contribution in [0.1, 0.15) is 16.1 Å². The molecule has 0 aliphatic rings. The molecule has 3 aromatic rings. The van der Waals surface area contributed by atoms with Crippen molar-refractivity contribution in [1.82, 2.24) is 10.2 Å². The fraction of sp³-hybridized carbons (Fsp3) is 0. The normalized spacial score (nSPS) is 11.1.